The minimum atomic E-state index is -0.428. The molecule has 1 unspecified atom stereocenters. The zero-order chi connectivity index (χ0) is 11.7. The van der Waals surface area contributed by atoms with Crippen molar-refractivity contribution in [2.45, 2.75) is 24.7 Å². The summed E-state index contributed by atoms with van der Waals surface area (Å²) < 4.78 is 4.51. The van der Waals surface area contributed by atoms with Gasteiger partial charge >= 0.3 is 11.9 Å². The summed E-state index contributed by atoms with van der Waals surface area (Å²) in [5, 5.41) is 0. The van der Waals surface area contributed by atoms with Gasteiger partial charge in [0.05, 0.1) is 12.3 Å². The largest absolute Gasteiger partial charge is 0.393 e. The van der Waals surface area contributed by atoms with E-state index in [1.807, 2.05) is 25.1 Å². The number of ether oxygens (including phenoxy) is 1. The highest BCUT2D eigenvalue weighted by Crippen LogP contribution is 2.24. The van der Waals surface area contributed by atoms with E-state index in [4.69, 9.17) is 0 Å². The van der Waals surface area contributed by atoms with Crippen molar-refractivity contribution in [2.75, 3.05) is 0 Å². The molecule has 1 aliphatic rings. The lowest BCUT2D eigenvalue weighted by atomic mass is 9.97. The minimum Gasteiger partial charge on any atom is -0.393 e. The molecule has 0 spiro atoms. The van der Waals surface area contributed by atoms with Crippen molar-refractivity contribution in [1.29, 1.82) is 0 Å². The first-order chi connectivity index (χ1) is 7.56. The first-order valence-corrected chi connectivity index (χ1v) is 5.54. The smallest absolute Gasteiger partial charge is 0.317 e. The summed E-state index contributed by atoms with van der Waals surface area (Å²) in [4.78, 5) is 23.1. The number of thiol groups is 1. The van der Waals surface area contributed by atoms with Gasteiger partial charge < -0.3 is 4.74 Å². The van der Waals surface area contributed by atoms with Crippen molar-refractivity contribution < 1.29 is 14.3 Å². The number of rotatable bonds is 2. The maximum atomic E-state index is 11.3. The molecule has 1 fully saturated rings. The van der Waals surface area contributed by atoms with Crippen molar-refractivity contribution >= 4 is 24.6 Å². The van der Waals surface area contributed by atoms with Gasteiger partial charge in [0.25, 0.3) is 0 Å². The van der Waals surface area contributed by atoms with Gasteiger partial charge in [-0.05, 0) is 25.0 Å². The Bertz CT molecular complexity index is 454. The highest BCUT2D eigenvalue weighted by Gasteiger charge is 2.33. The molecule has 1 saturated heterocycles. The fourth-order valence-corrected chi connectivity index (χ4v) is 2.16. The summed E-state index contributed by atoms with van der Waals surface area (Å²) in [6, 6.07) is 5.85. The van der Waals surface area contributed by atoms with Crippen LogP contribution >= 0.6 is 12.6 Å². The molecule has 1 aromatic rings. The van der Waals surface area contributed by atoms with Crippen molar-refractivity contribution in [1.82, 2.24) is 0 Å². The van der Waals surface area contributed by atoms with Gasteiger partial charge in [-0.1, -0.05) is 17.7 Å². The van der Waals surface area contributed by atoms with Gasteiger partial charge in [-0.25, -0.2) is 0 Å². The van der Waals surface area contributed by atoms with E-state index in [2.05, 4.69) is 17.4 Å². The van der Waals surface area contributed by atoms with Crippen LogP contribution in [-0.2, 0) is 20.7 Å². The Morgan fingerprint density at radius 3 is 2.75 bits per heavy atom. The van der Waals surface area contributed by atoms with Crippen LogP contribution in [0, 0.1) is 12.8 Å². The standard InChI is InChI=1S/C12H12O3S/c1-7-2-3-8(10(16)4-7)5-9-6-11(13)15-12(9)14/h2-4,9,16H,5-6H2,1H3. The number of carbonyl (C=O) groups is 2. The van der Waals surface area contributed by atoms with Gasteiger partial charge in [0.1, 0.15) is 0 Å². The Kier molecular flexibility index (Phi) is 3.01. The lowest BCUT2D eigenvalue weighted by Gasteiger charge is -2.08. The molecule has 1 aliphatic heterocycles. The number of esters is 2. The molecule has 16 heavy (non-hydrogen) atoms. The quantitative estimate of drug-likeness (QED) is 0.484. The van der Waals surface area contributed by atoms with Crippen LogP contribution in [-0.4, -0.2) is 11.9 Å². The molecule has 1 atom stereocenters. The van der Waals surface area contributed by atoms with E-state index in [0.29, 0.717) is 6.42 Å². The van der Waals surface area contributed by atoms with E-state index in [-0.39, 0.29) is 12.3 Å². The molecular formula is C12H12O3S. The van der Waals surface area contributed by atoms with Crippen LogP contribution in [0.15, 0.2) is 23.1 Å². The topological polar surface area (TPSA) is 43.4 Å². The molecule has 0 aromatic heterocycles. The number of cyclic esters (lactones) is 2. The maximum absolute atomic E-state index is 11.3. The Morgan fingerprint density at radius 1 is 1.44 bits per heavy atom. The zero-order valence-electron chi connectivity index (χ0n) is 8.90. The van der Waals surface area contributed by atoms with Crippen molar-refractivity contribution in [3.05, 3.63) is 29.3 Å². The molecule has 1 aromatic carbocycles. The molecule has 84 valence electrons. The second-order valence-corrected chi connectivity index (χ2v) is 4.51. The van der Waals surface area contributed by atoms with Crippen LogP contribution in [0.4, 0.5) is 0 Å². The van der Waals surface area contributed by atoms with Crippen LogP contribution < -0.4 is 0 Å². The average molecular weight is 236 g/mol. The number of hydrogen-bond acceptors (Lipinski definition) is 4. The van der Waals surface area contributed by atoms with Crippen molar-refractivity contribution in [2.24, 2.45) is 5.92 Å². The summed E-state index contributed by atoms with van der Waals surface area (Å²) >= 11 is 4.36. The van der Waals surface area contributed by atoms with Gasteiger partial charge in [0.15, 0.2) is 0 Å². The average Bonchev–Trinajstić information content (AvgIpc) is 2.50. The van der Waals surface area contributed by atoms with Crippen LogP contribution in [0.2, 0.25) is 0 Å². The first-order valence-electron chi connectivity index (χ1n) is 5.09. The van der Waals surface area contributed by atoms with E-state index in [0.717, 1.165) is 16.0 Å². The number of carbonyl (C=O) groups excluding carboxylic acids is 2. The first kappa shape index (κ1) is 11.2. The molecular weight excluding hydrogens is 224 g/mol. The molecule has 0 aliphatic carbocycles. The molecule has 3 nitrogen and oxygen atoms in total. The summed E-state index contributed by atoms with van der Waals surface area (Å²) in [6.07, 6.45) is 0.698. The number of hydrogen-bond donors (Lipinski definition) is 1. The SMILES string of the molecule is Cc1ccc(CC2CC(=O)OC2=O)c(S)c1. The Hall–Kier alpha value is -1.29. The number of benzene rings is 1. The lowest BCUT2D eigenvalue weighted by molar-refractivity contribution is -0.153. The lowest BCUT2D eigenvalue weighted by Crippen LogP contribution is -2.11. The van der Waals surface area contributed by atoms with Crippen molar-refractivity contribution in [3.63, 3.8) is 0 Å². The Morgan fingerprint density at radius 2 is 2.19 bits per heavy atom. The molecule has 4 heteroatoms. The van der Waals surface area contributed by atoms with Crippen molar-refractivity contribution in [3.8, 4) is 0 Å². The van der Waals surface area contributed by atoms with E-state index >= 15 is 0 Å². The number of aryl methyl sites for hydroxylation is 1. The highest BCUT2D eigenvalue weighted by atomic mass is 32.1. The second kappa shape index (κ2) is 4.29. The van der Waals surface area contributed by atoms with Crippen LogP contribution in [0.3, 0.4) is 0 Å². The Labute approximate surface area is 99.2 Å². The third-order valence-corrected chi connectivity index (χ3v) is 3.08. The normalized spacial score (nSPS) is 20.0. The van der Waals surface area contributed by atoms with Gasteiger partial charge in [-0.15, -0.1) is 12.6 Å². The predicted octanol–water partition coefficient (Wildman–Crippen LogP) is 1.92. The maximum Gasteiger partial charge on any atom is 0.317 e. The third kappa shape index (κ3) is 2.27. The second-order valence-electron chi connectivity index (χ2n) is 4.03. The molecule has 0 bridgehead atoms. The van der Waals surface area contributed by atoms with E-state index in [1.165, 1.54) is 0 Å². The zero-order valence-corrected chi connectivity index (χ0v) is 9.79. The van der Waals surface area contributed by atoms with Gasteiger partial charge in [0, 0.05) is 4.90 Å². The molecule has 0 saturated carbocycles. The van der Waals surface area contributed by atoms with Crippen LogP contribution in [0.5, 0.6) is 0 Å². The van der Waals surface area contributed by atoms with E-state index < -0.39 is 11.9 Å². The third-order valence-electron chi connectivity index (χ3n) is 2.67. The van der Waals surface area contributed by atoms with Gasteiger partial charge in [-0.3, -0.25) is 9.59 Å². The van der Waals surface area contributed by atoms with E-state index in [9.17, 15) is 9.59 Å². The predicted molar refractivity (Wildman–Crippen MR) is 61.3 cm³/mol. The minimum absolute atomic E-state index is 0.180. The molecule has 0 N–H and O–H groups in total. The summed E-state index contributed by atoms with van der Waals surface area (Å²) in [7, 11) is 0. The fraction of sp³-hybridized carbons (Fsp3) is 0.333. The van der Waals surface area contributed by atoms with E-state index in [1.54, 1.807) is 0 Å². The highest BCUT2D eigenvalue weighted by molar-refractivity contribution is 7.80. The van der Waals surface area contributed by atoms with Gasteiger partial charge in [-0.2, -0.15) is 0 Å². The van der Waals surface area contributed by atoms with Gasteiger partial charge in [0.2, 0.25) is 0 Å². The molecule has 0 amide bonds. The molecule has 1 heterocycles. The van der Waals surface area contributed by atoms with Crippen LogP contribution in [0.25, 0.3) is 0 Å². The van der Waals surface area contributed by atoms with Crippen LogP contribution in [0.1, 0.15) is 17.5 Å². The summed E-state index contributed by atoms with van der Waals surface area (Å²) in [5.74, 6) is -1.19. The monoisotopic (exact) mass is 236 g/mol. The fourth-order valence-electron chi connectivity index (χ4n) is 1.79. The Balaban J connectivity index is 2.15. The molecule has 0 radical (unpaired) electrons. The summed E-state index contributed by atoms with van der Waals surface area (Å²) in [6.45, 7) is 1.98. The summed E-state index contributed by atoms with van der Waals surface area (Å²) in [5.41, 5.74) is 2.10. The molecule has 2 rings (SSSR count).